The van der Waals surface area contributed by atoms with Gasteiger partial charge < -0.3 is 15.0 Å². The van der Waals surface area contributed by atoms with E-state index >= 15 is 0 Å². The molecule has 1 fully saturated rings. The summed E-state index contributed by atoms with van der Waals surface area (Å²) < 4.78 is 5.43. The van der Waals surface area contributed by atoms with Crippen LogP contribution in [0.3, 0.4) is 0 Å². The molecule has 3 aliphatic heterocycles. The Morgan fingerprint density at radius 1 is 0.950 bits per heavy atom. The van der Waals surface area contributed by atoms with Crippen LogP contribution < -0.4 is 15.0 Å². The zero-order valence-electron chi connectivity index (χ0n) is 22.0. The van der Waals surface area contributed by atoms with Crippen LogP contribution in [0.1, 0.15) is 38.1 Å². The van der Waals surface area contributed by atoms with Gasteiger partial charge in [0.2, 0.25) is 5.91 Å². The summed E-state index contributed by atoms with van der Waals surface area (Å²) in [5, 5.41) is 4.92. The number of hydrogen-bond acceptors (Lipinski definition) is 6. The number of ether oxygens (including phenoxy) is 1. The number of allylic oxidation sites excluding steroid dienone is 1. The number of nitrogens with one attached hydrogen (secondary N) is 1. The van der Waals surface area contributed by atoms with Crippen LogP contribution >= 0.6 is 11.3 Å². The molecule has 4 aromatic rings. The van der Waals surface area contributed by atoms with Gasteiger partial charge in [0.1, 0.15) is 17.2 Å². The van der Waals surface area contributed by atoms with Crippen LogP contribution in [0.2, 0.25) is 0 Å². The van der Waals surface area contributed by atoms with Crippen molar-refractivity contribution in [1.29, 1.82) is 0 Å². The SMILES string of the molecule is COc1cccc(C(=O)[C@@H]2[C@H](C(=O)c3cccs3)[C@@]3(C(=O)Nc4ccccc43)[C@@H]3C=C(C)c4ccccc4N23)c1. The highest BCUT2D eigenvalue weighted by Crippen LogP contribution is 2.59. The molecule has 0 unspecified atom stereocenters. The minimum Gasteiger partial charge on any atom is -0.497 e. The molecule has 0 bridgehead atoms. The summed E-state index contributed by atoms with van der Waals surface area (Å²) >= 11 is 1.33. The Hall–Kier alpha value is -4.49. The molecular formula is C33H26N2O4S. The number of nitrogens with zero attached hydrogens (tertiary/aromatic N) is 1. The zero-order valence-corrected chi connectivity index (χ0v) is 22.8. The van der Waals surface area contributed by atoms with Gasteiger partial charge in [0.05, 0.1) is 23.9 Å². The summed E-state index contributed by atoms with van der Waals surface area (Å²) in [5.41, 5.74) is 3.36. The lowest BCUT2D eigenvalue weighted by atomic mass is 9.64. The maximum atomic E-state index is 14.7. The van der Waals surface area contributed by atoms with Crippen molar-refractivity contribution in [3.05, 3.63) is 118 Å². The Morgan fingerprint density at radius 2 is 1.75 bits per heavy atom. The van der Waals surface area contributed by atoms with Gasteiger partial charge in [0.25, 0.3) is 0 Å². The Labute approximate surface area is 235 Å². The third kappa shape index (κ3) is 3.24. The summed E-state index contributed by atoms with van der Waals surface area (Å²) in [4.78, 5) is 46.3. The van der Waals surface area contributed by atoms with Crippen LogP contribution in [-0.2, 0) is 10.2 Å². The van der Waals surface area contributed by atoms with Crippen molar-refractivity contribution in [3.63, 3.8) is 0 Å². The van der Waals surface area contributed by atoms with Gasteiger partial charge in [-0.2, -0.15) is 0 Å². The van der Waals surface area contributed by atoms with Gasteiger partial charge in [-0.3, -0.25) is 14.4 Å². The van der Waals surface area contributed by atoms with E-state index < -0.39 is 23.4 Å². The summed E-state index contributed by atoms with van der Waals surface area (Å²) in [6.07, 6.45) is 2.07. The minimum absolute atomic E-state index is 0.207. The first-order valence-corrected chi connectivity index (χ1v) is 14.1. The van der Waals surface area contributed by atoms with E-state index in [-0.39, 0.29) is 17.5 Å². The molecule has 0 aliphatic carbocycles. The molecule has 1 saturated heterocycles. The number of fused-ring (bicyclic) bond motifs is 6. The van der Waals surface area contributed by atoms with E-state index in [9.17, 15) is 14.4 Å². The van der Waals surface area contributed by atoms with E-state index in [2.05, 4.69) is 11.4 Å². The number of anilines is 2. The van der Waals surface area contributed by atoms with E-state index in [0.29, 0.717) is 21.9 Å². The summed E-state index contributed by atoms with van der Waals surface area (Å²) in [6.45, 7) is 2.02. The van der Waals surface area contributed by atoms with Gasteiger partial charge in [0, 0.05) is 22.5 Å². The Morgan fingerprint density at radius 3 is 2.55 bits per heavy atom. The number of amides is 1. The van der Waals surface area contributed by atoms with E-state index in [1.165, 1.54) is 11.3 Å². The Kier molecular flexibility index (Phi) is 5.54. The zero-order chi connectivity index (χ0) is 27.6. The van der Waals surface area contributed by atoms with Gasteiger partial charge in [-0.25, -0.2) is 0 Å². The molecular weight excluding hydrogens is 520 g/mol. The van der Waals surface area contributed by atoms with Gasteiger partial charge in [-0.05, 0) is 53.8 Å². The first-order valence-electron chi connectivity index (χ1n) is 13.2. The fourth-order valence-corrected chi connectivity index (χ4v) is 7.61. The number of carbonyl (C=O) groups is 3. The number of methoxy groups -OCH3 is 1. The van der Waals surface area contributed by atoms with E-state index in [1.807, 2.05) is 71.8 Å². The van der Waals surface area contributed by atoms with Crippen LogP contribution in [0.25, 0.3) is 5.57 Å². The standard InChI is InChI=1S/C33H26N2O4S/c1-19-17-27-33(23-12-4-5-13-24(23)34-32(33)38)28(31(37)26-15-8-16-40-26)29(35(27)25-14-6-3-11-22(19)25)30(36)20-9-7-10-21(18-20)39-2/h3-18,27-29H,1-2H3,(H,34,38)/t27-,28+,29-,33-/m0/s1. The van der Waals surface area contributed by atoms with E-state index in [4.69, 9.17) is 4.74 Å². The van der Waals surface area contributed by atoms with Gasteiger partial charge >= 0.3 is 0 Å². The second kappa shape index (κ2) is 9.03. The van der Waals surface area contributed by atoms with Crippen molar-refractivity contribution in [2.24, 2.45) is 5.92 Å². The number of para-hydroxylation sites is 2. The third-order valence-electron chi connectivity index (χ3n) is 8.55. The van der Waals surface area contributed by atoms with Crippen molar-refractivity contribution in [1.82, 2.24) is 0 Å². The third-order valence-corrected chi connectivity index (χ3v) is 9.44. The molecule has 1 N–H and O–H groups in total. The molecule has 7 heteroatoms. The molecule has 7 rings (SSSR count). The highest BCUT2D eigenvalue weighted by atomic mass is 32.1. The first-order chi connectivity index (χ1) is 19.5. The van der Waals surface area contributed by atoms with Crippen molar-refractivity contribution < 1.29 is 19.1 Å². The number of thiophene rings is 1. The summed E-state index contributed by atoms with van der Waals surface area (Å²) in [7, 11) is 1.56. The average Bonchev–Trinajstić information content (AvgIpc) is 3.70. The summed E-state index contributed by atoms with van der Waals surface area (Å²) in [5.74, 6) is -1.12. The molecule has 4 atom stereocenters. The van der Waals surface area contributed by atoms with Crippen LogP contribution in [0.5, 0.6) is 5.75 Å². The number of benzene rings is 3. The van der Waals surface area contributed by atoms with Crippen LogP contribution in [0, 0.1) is 5.92 Å². The van der Waals surface area contributed by atoms with Crippen LogP contribution in [0.15, 0.2) is 96.4 Å². The van der Waals surface area contributed by atoms with Gasteiger partial charge in [-0.15, -0.1) is 11.3 Å². The molecule has 3 aliphatic rings. The lowest BCUT2D eigenvalue weighted by Crippen LogP contribution is -2.51. The molecule has 40 heavy (non-hydrogen) atoms. The number of carbonyl (C=O) groups excluding carboxylic acids is 3. The lowest BCUT2D eigenvalue weighted by Gasteiger charge is -2.39. The van der Waals surface area contributed by atoms with Crippen molar-refractivity contribution in [2.75, 3.05) is 17.3 Å². The Bertz CT molecular complexity index is 1730. The number of Topliss-reactive ketones (excluding diaryl/α,β-unsaturated/α-hetero) is 2. The lowest BCUT2D eigenvalue weighted by molar-refractivity contribution is -0.121. The molecule has 1 aromatic heterocycles. The fourth-order valence-electron chi connectivity index (χ4n) is 6.91. The van der Waals surface area contributed by atoms with Gasteiger partial charge in [-0.1, -0.05) is 60.7 Å². The molecule has 198 valence electrons. The molecule has 1 spiro atoms. The molecule has 3 aromatic carbocycles. The van der Waals surface area contributed by atoms with Crippen molar-refractivity contribution in [3.8, 4) is 5.75 Å². The number of hydrogen-bond donors (Lipinski definition) is 1. The van der Waals surface area contributed by atoms with Crippen molar-refractivity contribution in [2.45, 2.75) is 24.4 Å². The quantitative estimate of drug-likeness (QED) is 0.311. The predicted molar refractivity (Wildman–Crippen MR) is 156 cm³/mol. The highest BCUT2D eigenvalue weighted by molar-refractivity contribution is 7.12. The molecule has 4 heterocycles. The Balaban J connectivity index is 1.55. The predicted octanol–water partition coefficient (Wildman–Crippen LogP) is 6.00. The van der Waals surface area contributed by atoms with Crippen molar-refractivity contribution >= 4 is 45.8 Å². The second-order valence-electron chi connectivity index (χ2n) is 10.4. The van der Waals surface area contributed by atoms with E-state index in [0.717, 1.165) is 22.4 Å². The first kappa shape index (κ1) is 24.5. The number of ketones is 2. The number of rotatable bonds is 5. The topological polar surface area (TPSA) is 75.7 Å². The molecule has 1 amide bonds. The average molecular weight is 547 g/mol. The van der Waals surface area contributed by atoms with Crippen LogP contribution in [-0.4, -0.2) is 36.7 Å². The van der Waals surface area contributed by atoms with Gasteiger partial charge in [0.15, 0.2) is 11.6 Å². The maximum Gasteiger partial charge on any atom is 0.238 e. The monoisotopic (exact) mass is 546 g/mol. The highest BCUT2D eigenvalue weighted by Gasteiger charge is 2.70. The summed E-state index contributed by atoms with van der Waals surface area (Å²) in [6, 6.07) is 24.6. The fraction of sp³-hybridized carbons (Fsp3) is 0.182. The normalized spacial score (nSPS) is 24.1. The van der Waals surface area contributed by atoms with Crippen LogP contribution in [0.4, 0.5) is 11.4 Å². The molecule has 6 nitrogen and oxygen atoms in total. The maximum absolute atomic E-state index is 14.7. The second-order valence-corrected chi connectivity index (χ2v) is 11.4. The molecule has 0 saturated carbocycles. The molecule has 0 radical (unpaired) electrons. The largest absolute Gasteiger partial charge is 0.497 e. The van der Waals surface area contributed by atoms with E-state index in [1.54, 1.807) is 37.4 Å². The minimum atomic E-state index is -1.31. The smallest absolute Gasteiger partial charge is 0.238 e.